The molecule has 6 heteroatoms. The smallest absolute Gasteiger partial charge is 0.315 e. The van der Waals surface area contributed by atoms with Gasteiger partial charge in [-0.05, 0) is 35.6 Å². The molecule has 2 aromatic rings. The molecule has 26 heavy (non-hydrogen) atoms. The second-order valence-corrected chi connectivity index (χ2v) is 6.85. The van der Waals surface area contributed by atoms with Crippen LogP contribution in [0, 0.1) is 5.92 Å². The van der Waals surface area contributed by atoms with Crippen molar-refractivity contribution in [1.29, 1.82) is 0 Å². The molecular weight excluding hydrogens is 350 g/mol. The third kappa shape index (κ3) is 5.49. The summed E-state index contributed by atoms with van der Waals surface area (Å²) in [5, 5.41) is 9.20. The van der Waals surface area contributed by atoms with E-state index < -0.39 is 0 Å². The van der Waals surface area contributed by atoms with Crippen molar-refractivity contribution < 1.29 is 9.59 Å². The Kier molecular flexibility index (Phi) is 6.12. The molecule has 0 unspecified atom stereocenters. The number of benzene rings is 2. The Morgan fingerprint density at radius 2 is 1.54 bits per heavy atom. The van der Waals surface area contributed by atoms with Gasteiger partial charge in [0.05, 0.1) is 0 Å². The highest BCUT2D eigenvalue weighted by Gasteiger charge is 2.29. The number of amides is 3. The van der Waals surface area contributed by atoms with Gasteiger partial charge >= 0.3 is 6.03 Å². The summed E-state index contributed by atoms with van der Waals surface area (Å²) in [5.74, 6) is 0.342. The first-order chi connectivity index (χ1) is 12.6. The molecule has 0 aromatic heterocycles. The number of nitrogens with one attached hydrogen (secondary N) is 3. The molecule has 5 nitrogen and oxygen atoms in total. The Morgan fingerprint density at radius 1 is 0.885 bits per heavy atom. The van der Waals surface area contributed by atoms with Crippen molar-refractivity contribution in [2.75, 3.05) is 0 Å². The molecule has 3 amide bonds. The third-order valence-corrected chi connectivity index (χ3v) is 4.63. The van der Waals surface area contributed by atoms with Crippen LogP contribution in [0.4, 0.5) is 4.79 Å². The molecule has 2 aromatic carbocycles. The lowest BCUT2D eigenvalue weighted by atomic mass is 10.1. The zero-order chi connectivity index (χ0) is 18.4. The topological polar surface area (TPSA) is 70.2 Å². The minimum Gasteiger partial charge on any atom is -0.352 e. The minimum atomic E-state index is -0.252. The summed E-state index contributed by atoms with van der Waals surface area (Å²) in [6.45, 7) is 1.30. The first kappa shape index (κ1) is 18.3. The fraction of sp³-hybridized carbons (Fsp3) is 0.300. The Bertz CT molecular complexity index is 790. The van der Waals surface area contributed by atoms with Crippen LogP contribution in [0.15, 0.2) is 48.5 Å². The molecular formula is C20H22ClN3O2. The zero-order valence-corrected chi connectivity index (χ0v) is 15.2. The highest BCUT2D eigenvalue weighted by atomic mass is 35.5. The quantitative estimate of drug-likeness (QED) is 0.698. The maximum atomic E-state index is 12.0. The van der Waals surface area contributed by atoms with Crippen LogP contribution in [0.3, 0.4) is 0 Å². The van der Waals surface area contributed by atoms with Gasteiger partial charge in [0.1, 0.15) is 0 Å². The van der Waals surface area contributed by atoms with E-state index in [0.29, 0.717) is 24.7 Å². The van der Waals surface area contributed by atoms with Crippen molar-refractivity contribution in [3.05, 3.63) is 70.2 Å². The lowest BCUT2D eigenvalue weighted by molar-refractivity contribution is -0.122. The second kappa shape index (κ2) is 8.72. The fourth-order valence-electron chi connectivity index (χ4n) is 2.59. The van der Waals surface area contributed by atoms with Crippen LogP contribution in [0.1, 0.15) is 29.5 Å². The monoisotopic (exact) mass is 371 g/mol. The Balaban J connectivity index is 1.43. The van der Waals surface area contributed by atoms with Gasteiger partial charge in [-0.25, -0.2) is 4.79 Å². The summed E-state index contributed by atoms with van der Waals surface area (Å²) in [5.41, 5.74) is 2.88. The Morgan fingerprint density at radius 3 is 2.23 bits per heavy atom. The molecule has 1 fully saturated rings. The average Bonchev–Trinajstić information content (AvgIpc) is 3.49. The van der Waals surface area contributed by atoms with Crippen LogP contribution in [-0.4, -0.2) is 11.9 Å². The van der Waals surface area contributed by atoms with E-state index in [4.69, 9.17) is 11.6 Å². The molecule has 0 heterocycles. The van der Waals surface area contributed by atoms with E-state index >= 15 is 0 Å². The standard InChI is InChI=1S/C20H22ClN3O2/c21-18-7-2-1-6-17(18)13-24-20(26)23-12-15-5-3-4-14(10-15)11-22-19(25)16-8-9-16/h1-7,10,16H,8-9,11-13H2,(H,22,25)(H2,23,24,26). The van der Waals surface area contributed by atoms with Crippen LogP contribution in [0.5, 0.6) is 0 Å². The molecule has 0 atom stereocenters. The number of carbonyl (C=O) groups is 2. The summed E-state index contributed by atoms with van der Waals surface area (Å²) in [6, 6.07) is 15.0. The van der Waals surface area contributed by atoms with Crippen LogP contribution < -0.4 is 16.0 Å². The highest BCUT2D eigenvalue weighted by molar-refractivity contribution is 6.31. The van der Waals surface area contributed by atoms with E-state index in [9.17, 15) is 9.59 Å². The van der Waals surface area contributed by atoms with E-state index in [0.717, 1.165) is 29.5 Å². The van der Waals surface area contributed by atoms with Gasteiger partial charge in [-0.1, -0.05) is 54.1 Å². The average molecular weight is 372 g/mol. The predicted molar refractivity (Wildman–Crippen MR) is 102 cm³/mol. The summed E-state index contributed by atoms with van der Waals surface area (Å²) in [4.78, 5) is 23.7. The molecule has 3 rings (SSSR count). The molecule has 0 saturated heterocycles. The predicted octanol–water partition coefficient (Wildman–Crippen LogP) is 3.37. The molecule has 136 valence electrons. The number of rotatable bonds is 7. The van der Waals surface area contributed by atoms with Gasteiger partial charge in [-0.2, -0.15) is 0 Å². The highest BCUT2D eigenvalue weighted by Crippen LogP contribution is 2.28. The minimum absolute atomic E-state index is 0.132. The number of hydrogen-bond donors (Lipinski definition) is 3. The van der Waals surface area contributed by atoms with Gasteiger partial charge in [0.25, 0.3) is 0 Å². The van der Waals surface area contributed by atoms with Crippen molar-refractivity contribution in [1.82, 2.24) is 16.0 Å². The molecule has 0 aliphatic heterocycles. The van der Waals surface area contributed by atoms with Crippen LogP contribution >= 0.6 is 11.6 Å². The van der Waals surface area contributed by atoms with Gasteiger partial charge in [0.2, 0.25) is 5.91 Å². The SMILES string of the molecule is O=C(NCc1cccc(CNC(=O)C2CC2)c1)NCc1ccccc1Cl. The van der Waals surface area contributed by atoms with Crippen LogP contribution in [-0.2, 0) is 24.4 Å². The van der Waals surface area contributed by atoms with Gasteiger partial charge < -0.3 is 16.0 Å². The normalized spacial score (nSPS) is 13.1. The van der Waals surface area contributed by atoms with E-state index in [1.54, 1.807) is 6.07 Å². The third-order valence-electron chi connectivity index (χ3n) is 4.26. The van der Waals surface area contributed by atoms with E-state index in [1.807, 2.05) is 42.5 Å². The molecule has 1 aliphatic rings. The van der Waals surface area contributed by atoms with Crippen molar-refractivity contribution in [3.63, 3.8) is 0 Å². The first-order valence-electron chi connectivity index (χ1n) is 8.72. The van der Waals surface area contributed by atoms with E-state index in [2.05, 4.69) is 16.0 Å². The number of urea groups is 1. The van der Waals surface area contributed by atoms with Gasteiger partial charge in [-0.3, -0.25) is 4.79 Å². The van der Waals surface area contributed by atoms with E-state index in [-0.39, 0.29) is 17.9 Å². The zero-order valence-electron chi connectivity index (χ0n) is 14.4. The van der Waals surface area contributed by atoms with Crippen molar-refractivity contribution >= 4 is 23.5 Å². The maximum Gasteiger partial charge on any atom is 0.315 e. The Labute approximate surface area is 158 Å². The largest absolute Gasteiger partial charge is 0.352 e. The summed E-state index contributed by atoms with van der Waals surface area (Å²) < 4.78 is 0. The van der Waals surface area contributed by atoms with Crippen LogP contribution in [0.25, 0.3) is 0 Å². The fourth-order valence-corrected chi connectivity index (χ4v) is 2.79. The second-order valence-electron chi connectivity index (χ2n) is 6.44. The van der Waals surface area contributed by atoms with Gasteiger partial charge in [0.15, 0.2) is 0 Å². The van der Waals surface area contributed by atoms with Crippen molar-refractivity contribution in [2.24, 2.45) is 5.92 Å². The molecule has 0 spiro atoms. The molecule has 0 bridgehead atoms. The molecule has 3 N–H and O–H groups in total. The molecule has 1 saturated carbocycles. The summed E-state index contributed by atoms with van der Waals surface area (Å²) in [7, 11) is 0. The molecule has 0 radical (unpaired) electrons. The van der Waals surface area contributed by atoms with Crippen LogP contribution in [0.2, 0.25) is 5.02 Å². The maximum absolute atomic E-state index is 12.0. The summed E-state index contributed by atoms with van der Waals surface area (Å²) in [6.07, 6.45) is 2.00. The van der Waals surface area contributed by atoms with Crippen molar-refractivity contribution in [3.8, 4) is 0 Å². The lowest BCUT2D eigenvalue weighted by Crippen LogP contribution is -2.34. The van der Waals surface area contributed by atoms with E-state index in [1.165, 1.54) is 0 Å². The van der Waals surface area contributed by atoms with Crippen molar-refractivity contribution in [2.45, 2.75) is 32.5 Å². The first-order valence-corrected chi connectivity index (χ1v) is 9.10. The summed E-state index contributed by atoms with van der Waals surface area (Å²) >= 11 is 6.07. The van der Waals surface area contributed by atoms with Gasteiger partial charge in [0, 0.05) is 30.6 Å². The van der Waals surface area contributed by atoms with Gasteiger partial charge in [-0.15, -0.1) is 0 Å². The number of hydrogen-bond acceptors (Lipinski definition) is 2. The molecule has 1 aliphatic carbocycles. The Hall–Kier alpha value is -2.53. The lowest BCUT2D eigenvalue weighted by Gasteiger charge is -2.10. The number of halogens is 1. The number of carbonyl (C=O) groups excluding carboxylic acids is 2.